The average Bonchev–Trinajstić information content (AvgIpc) is 2.91. The zero-order valence-electron chi connectivity index (χ0n) is 12.9. The van der Waals surface area contributed by atoms with Crippen LogP contribution in [0.15, 0.2) is 24.3 Å². The van der Waals surface area contributed by atoms with Crippen molar-refractivity contribution in [3.8, 4) is 5.75 Å². The van der Waals surface area contributed by atoms with Crippen LogP contribution in [-0.2, 0) is 22.6 Å². The molecular formula is C16H17ClN2O3S. The molecule has 0 unspecified atom stereocenters. The van der Waals surface area contributed by atoms with Crippen molar-refractivity contribution < 1.29 is 14.3 Å². The Morgan fingerprint density at radius 2 is 2.13 bits per heavy atom. The van der Waals surface area contributed by atoms with Crippen molar-refractivity contribution in [3.05, 3.63) is 39.9 Å². The van der Waals surface area contributed by atoms with E-state index < -0.39 is 5.60 Å². The predicted molar refractivity (Wildman–Crippen MR) is 90.3 cm³/mol. The number of amides is 1. The largest absolute Gasteiger partial charge is 0.478 e. The second-order valence-electron chi connectivity index (χ2n) is 5.71. The molecule has 2 aromatic rings. The number of benzene rings is 1. The SMILES string of the molecule is CC(C)(Oc1ccc(Cl)cc1)C(=O)Nc1nc2c(s1)COCC2. The Hall–Kier alpha value is -1.63. The molecule has 1 aliphatic rings. The standard InChI is InChI=1S/C16H17ClN2O3S/c1-16(2,22-11-5-3-10(17)4-6-11)14(20)19-15-18-12-7-8-21-9-13(12)23-15/h3-6H,7-9H2,1-2H3,(H,18,19,20). The van der Waals surface area contributed by atoms with Crippen molar-refractivity contribution in [2.75, 3.05) is 11.9 Å². The Morgan fingerprint density at radius 1 is 1.39 bits per heavy atom. The Morgan fingerprint density at radius 3 is 2.83 bits per heavy atom. The van der Waals surface area contributed by atoms with Crippen molar-refractivity contribution >= 4 is 34.0 Å². The van der Waals surface area contributed by atoms with E-state index in [1.165, 1.54) is 11.3 Å². The van der Waals surface area contributed by atoms with E-state index in [1.54, 1.807) is 38.1 Å². The summed E-state index contributed by atoms with van der Waals surface area (Å²) in [5, 5.41) is 4.04. The Kier molecular flexibility index (Phi) is 4.57. The third-order valence-corrected chi connectivity index (χ3v) is 4.69. The van der Waals surface area contributed by atoms with Crippen LogP contribution >= 0.6 is 22.9 Å². The quantitative estimate of drug-likeness (QED) is 0.912. The average molecular weight is 353 g/mol. The van der Waals surface area contributed by atoms with E-state index in [0.29, 0.717) is 29.1 Å². The molecular weight excluding hydrogens is 336 g/mol. The first kappa shape index (κ1) is 16.2. The lowest BCUT2D eigenvalue weighted by molar-refractivity contribution is -0.128. The van der Waals surface area contributed by atoms with E-state index in [2.05, 4.69) is 10.3 Å². The van der Waals surface area contributed by atoms with Gasteiger partial charge in [-0.1, -0.05) is 22.9 Å². The molecule has 1 amide bonds. The van der Waals surface area contributed by atoms with E-state index in [0.717, 1.165) is 17.0 Å². The summed E-state index contributed by atoms with van der Waals surface area (Å²) in [6, 6.07) is 6.91. The maximum atomic E-state index is 12.5. The molecule has 0 saturated heterocycles. The minimum Gasteiger partial charge on any atom is -0.478 e. The fourth-order valence-electron chi connectivity index (χ4n) is 2.17. The molecule has 122 valence electrons. The molecule has 0 atom stereocenters. The third kappa shape index (κ3) is 3.83. The fourth-order valence-corrected chi connectivity index (χ4v) is 3.24. The van der Waals surface area contributed by atoms with Gasteiger partial charge < -0.3 is 9.47 Å². The van der Waals surface area contributed by atoms with Crippen LogP contribution in [0.1, 0.15) is 24.4 Å². The predicted octanol–water partition coefficient (Wildman–Crippen LogP) is 3.67. The highest BCUT2D eigenvalue weighted by Crippen LogP contribution is 2.28. The highest BCUT2D eigenvalue weighted by atomic mass is 35.5. The zero-order valence-corrected chi connectivity index (χ0v) is 14.5. The van der Waals surface area contributed by atoms with Crippen molar-refractivity contribution in [2.45, 2.75) is 32.5 Å². The zero-order chi connectivity index (χ0) is 16.4. The maximum Gasteiger partial charge on any atom is 0.269 e. The van der Waals surface area contributed by atoms with Gasteiger partial charge >= 0.3 is 0 Å². The number of nitrogens with one attached hydrogen (secondary N) is 1. The number of rotatable bonds is 4. The molecule has 23 heavy (non-hydrogen) atoms. The highest BCUT2D eigenvalue weighted by Gasteiger charge is 2.31. The molecule has 7 heteroatoms. The van der Waals surface area contributed by atoms with Crippen molar-refractivity contribution in [1.29, 1.82) is 0 Å². The maximum absolute atomic E-state index is 12.5. The van der Waals surface area contributed by atoms with Gasteiger partial charge in [-0.15, -0.1) is 0 Å². The Labute approximate surface area is 143 Å². The molecule has 1 aromatic heterocycles. The molecule has 5 nitrogen and oxygen atoms in total. The van der Waals surface area contributed by atoms with Gasteiger partial charge in [0, 0.05) is 11.4 Å². The molecule has 1 aliphatic heterocycles. The number of carbonyl (C=O) groups excluding carboxylic acids is 1. The van der Waals surface area contributed by atoms with E-state index in [1.807, 2.05) is 0 Å². The van der Waals surface area contributed by atoms with Crippen LogP contribution in [0.5, 0.6) is 5.75 Å². The topological polar surface area (TPSA) is 60.5 Å². The summed E-state index contributed by atoms with van der Waals surface area (Å²) < 4.78 is 11.2. The van der Waals surface area contributed by atoms with Crippen LogP contribution in [0.2, 0.25) is 5.02 Å². The van der Waals surface area contributed by atoms with Crippen LogP contribution in [0.4, 0.5) is 5.13 Å². The third-order valence-electron chi connectivity index (χ3n) is 3.45. The highest BCUT2D eigenvalue weighted by molar-refractivity contribution is 7.15. The van der Waals surface area contributed by atoms with Gasteiger partial charge in [0.25, 0.3) is 5.91 Å². The first-order chi connectivity index (χ1) is 10.9. The lowest BCUT2D eigenvalue weighted by atomic mass is 10.1. The van der Waals surface area contributed by atoms with Crippen LogP contribution in [-0.4, -0.2) is 23.1 Å². The summed E-state index contributed by atoms with van der Waals surface area (Å²) in [6.45, 7) is 4.67. The van der Waals surface area contributed by atoms with Crippen LogP contribution in [0.3, 0.4) is 0 Å². The van der Waals surface area contributed by atoms with Gasteiger partial charge in [-0.3, -0.25) is 10.1 Å². The number of nitrogens with zero attached hydrogens (tertiary/aromatic N) is 1. The smallest absolute Gasteiger partial charge is 0.269 e. The van der Waals surface area contributed by atoms with Gasteiger partial charge in [-0.2, -0.15) is 0 Å². The van der Waals surface area contributed by atoms with Gasteiger partial charge in [0.05, 0.1) is 23.8 Å². The molecule has 0 bridgehead atoms. The summed E-state index contributed by atoms with van der Waals surface area (Å²) in [5.41, 5.74) is -0.0239. The molecule has 2 heterocycles. The van der Waals surface area contributed by atoms with E-state index in [4.69, 9.17) is 21.1 Å². The number of carbonyl (C=O) groups is 1. The number of hydrogen-bond donors (Lipinski definition) is 1. The monoisotopic (exact) mass is 352 g/mol. The lowest BCUT2D eigenvalue weighted by Crippen LogP contribution is -2.42. The van der Waals surface area contributed by atoms with Crippen LogP contribution in [0.25, 0.3) is 0 Å². The molecule has 0 fully saturated rings. The van der Waals surface area contributed by atoms with Crippen molar-refractivity contribution in [3.63, 3.8) is 0 Å². The second-order valence-corrected chi connectivity index (χ2v) is 7.23. The minimum atomic E-state index is -1.03. The summed E-state index contributed by atoms with van der Waals surface area (Å²) in [5.74, 6) is 0.334. The van der Waals surface area contributed by atoms with Gasteiger partial charge in [-0.05, 0) is 38.1 Å². The Balaban J connectivity index is 1.68. The van der Waals surface area contributed by atoms with Gasteiger partial charge in [0.1, 0.15) is 5.75 Å². The molecule has 3 rings (SSSR count). The minimum absolute atomic E-state index is 0.250. The van der Waals surface area contributed by atoms with E-state index in [-0.39, 0.29) is 5.91 Å². The second kappa shape index (κ2) is 6.47. The first-order valence-electron chi connectivity index (χ1n) is 7.26. The van der Waals surface area contributed by atoms with Crippen LogP contribution in [0, 0.1) is 0 Å². The molecule has 0 saturated carbocycles. The molecule has 0 spiro atoms. The summed E-state index contributed by atoms with van der Waals surface area (Å²) in [6.07, 6.45) is 0.784. The number of anilines is 1. The van der Waals surface area contributed by atoms with E-state index >= 15 is 0 Å². The van der Waals surface area contributed by atoms with Gasteiger partial charge in [0.2, 0.25) is 0 Å². The van der Waals surface area contributed by atoms with Gasteiger partial charge in [-0.25, -0.2) is 4.98 Å². The normalized spacial score (nSPS) is 14.2. The molecule has 0 radical (unpaired) electrons. The number of halogens is 1. The number of hydrogen-bond acceptors (Lipinski definition) is 5. The van der Waals surface area contributed by atoms with Gasteiger partial charge in [0.15, 0.2) is 10.7 Å². The number of thiazole rings is 1. The van der Waals surface area contributed by atoms with E-state index in [9.17, 15) is 4.79 Å². The fraction of sp³-hybridized carbons (Fsp3) is 0.375. The number of ether oxygens (including phenoxy) is 2. The molecule has 1 N–H and O–H groups in total. The van der Waals surface area contributed by atoms with Crippen LogP contribution < -0.4 is 10.1 Å². The van der Waals surface area contributed by atoms with Crippen molar-refractivity contribution in [1.82, 2.24) is 4.98 Å². The Bertz CT molecular complexity index is 689. The van der Waals surface area contributed by atoms with Crippen molar-refractivity contribution in [2.24, 2.45) is 0 Å². The summed E-state index contributed by atoms with van der Waals surface area (Å²) in [4.78, 5) is 18.0. The summed E-state index contributed by atoms with van der Waals surface area (Å²) >= 11 is 7.30. The first-order valence-corrected chi connectivity index (χ1v) is 8.46. The summed E-state index contributed by atoms with van der Waals surface area (Å²) in [7, 11) is 0. The number of fused-ring (bicyclic) bond motifs is 1. The lowest BCUT2D eigenvalue weighted by Gasteiger charge is -2.24. The molecule has 1 aromatic carbocycles. The molecule has 0 aliphatic carbocycles. The number of aromatic nitrogens is 1.